The smallest absolute Gasteiger partial charge is 0.252 e. The topological polar surface area (TPSA) is 98.5 Å². The highest BCUT2D eigenvalue weighted by molar-refractivity contribution is 5.82. The number of hydrogen-bond donors (Lipinski definition) is 1. The standard InChI is InChI=1S/C21H21FN4O3/c22-15-7-5-14(6-8-15)20-16-4-2-1-3-13(16)9-10-26(20)21(28)19-11-17(24-25-23)18(27)12-29-19/h1-8,17-20,27H,9-12H2/t17-,18-,19+,20-/m0/s1. The maximum Gasteiger partial charge on any atom is 0.252 e. The molecule has 2 aliphatic heterocycles. The van der Waals surface area contributed by atoms with E-state index < -0.39 is 18.2 Å². The third-order valence-corrected chi connectivity index (χ3v) is 5.60. The first-order chi connectivity index (χ1) is 14.1. The molecule has 4 rings (SSSR count). The van der Waals surface area contributed by atoms with Gasteiger partial charge in [-0.3, -0.25) is 4.79 Å². The molecular weight excluding hydrogens is 375 g/mol. The Hall–Kier alpha value is -2.93. The van der Waals surface area contributed by atoms with Gasteiger partial charge in [0.1, 0.15) is 11.9 Å². The maximum atomic E-state index is 13.5. The lowest BCUT2D eigenvalue weighted by atomic mass is 9.87. The molecule has 2 aromatic carbocycles. The van der Waals surface area contributed by atoms with E-state index in [2.05, 4.69) is 10.0 Å². The molecule has 1 fully saturated rings. The predicted molar refractivity (Wildman–Crippen MR) is 103 cm³/mol. The Balaban J connectivity index is 1.67. The molecule has 8 heteroatoms. The number of carbonyl (C=O) groups is 1. The number of aliphatic hydroxyl groups is 1. The van der Waals surface area contributed by atoms with Gasteiger partial charge in [0.15, 0.2) is 0 Å². The average Bonchev–Trinajstić information content (AvgIpc) is 2.75. The lowest BCUT2D eigenvalue weighted by molar-refractivity contribution is -0.154. The highest BCUT2D eigenvalue weighted by atomic mass is 19.1. The molecule has 29 heavy (non-hydrogen) atoms. The molecular formula is C21H21FN4O3. The van der Waals surface area contributed by atoms with Crippen LogP contribution in [0.1, 0.15) is 29.2 Å². The molecule has 0 bridgehead atoms. The number of fused-ring (bicyclic) bond motifs is 1. The Bertz CT molecular complexity index is 945. The molecule has 1 amide bonds. The van der Waals surface area contributed by atoms with Crippen LogP contribution in [0.5, 0.6) is 0 Å². The van der Waals surface area contributed by atoms with Crippen LogP contribution in [0.25, 0.3) is 10.4 Å². The van der Waals surface area contributed by atoms with Gasteiger partial charge in [0, 0.05) is 11.5 Å². The van der Waals surface area contributed by atoms with Gasteiger partial charge in [0.05, 0.1) is 24.8 Å². The lowest BCUT2D eigenvalue weighted by Gasteiger charge is -2.41. The number of nitrogens with zero attached hydrogens (tertiary/aromatic N) is 4. The van der Waals surface area contributed by atoms with Gasteiger partial charge in [0.2, 0.25) is 0 Å². The highest BCUT2D eigenvalue weighted by Gasteiger charge is 2.39. The number of aliphatic hydroxyl groups excluding tert-OH is 1. The second kappa shape index (κ2) is 8.21. The largest absolute Gasteiger partial charge is 0.390 e. The number of amides is 1. The number of azide groups is 1. The third kappa shape index (κ3) is 3.82. The fourth-order valence-electron chi connectivity index (χ4n) is 4.13. The molecule has 1 N–H and O–H groups in total. The van der Waals surface area contributed by atoms with E-state index in [1.165, 1.54) is 12.1 Å². The monoisotopic (exact) mass is 396 g/mol. The summed E-state index contributed by atoms with van der Waals surface area (Å²) in [4.78, 5) is 17.9. The van der Waals surface area contributed by atoms with Crippen LogP contribution in [0.15, 0.2) is 53.6 Å². The zero-order valence-corrected chi connectivity index (χ0v) is 15.7. The van der Waals surface area contributed by atoms with E-state index in [9.17, 15) is 14.3 Å². The number of carbonyl (C=O) groups excluding carboxylic acids is 1. The molecule has 2 aliphatic rings. The first-order valence-electron chi connectivity index (χ1n) is 9.56. The summed E-state index contributed by atoms with van der Waals surface area (Å²) in [5.41, 5.74) is 11.7. The molecule has 0 aliphatic carbocycles. The van der Waals surface area contributed by atoms with Gasteiger partial charge in [-0.2, -0.15) is 0 Å². The maximum absolute atomic E-state index is 13.5. The quantitative estimate of drug-likeness (QED) is 0.490. The van der Waals surface area contributed by atoms with Crippen LogP contribution in [0, 0.1) is 5.82 Å². The van der Waals surface area contributed by atoms with Crippen molar-refractivity contribution in [2.75, 3.05) is 13.2 Å². The first-order valence-corrected chi connectivity index (χ1v) is 9.56. The highest BCUT2D eigenvalue weighted by Crippen LogP contribution is 2.36. The Kier molecular flexibility index (Phi) is 5.49. The van der Waals surface area contributed by atoms with E-state index in [0.29, 0.717) is 13.0 Å². The Morgan fingerprint density at radius 3 is 2.76 bits per heavy atom. The normalized spacial score (nSPS) is 26.3. The molecule has 0 aromatic heterocycles. The van der Waals surface area contributed by atoms with E-state index in [1.807, 2.05) is 24.3 Å². The van der Waals surface area contributed by atoms with E-state index in [0.717, 1.165) is 16.7 Å². The predicted octanol–water partition coefficient (Wildman–Crippen LogP) is 3.13. The number of hydrogen-bond acceptors (Lipinski definition) is 4. The molecule has 1 saturated heterocycles. The second-order valence-corrected chi connectivity index (χ2v) is 7.33. The molecule has 4 atom stereocenters. The van der Waals surface area contributed by atoms with Crippen molar-refractivity contribution < 1.29 is 19.0 Å². The summed E-state index contributed by atoms with van der Waals surface area (Å²) in [5, 5.41) is 13.5. The molecule has 0 radical (unpaired) electrons. The van der Waals surface area contributed by atoms with Crippen molar-refractivity contribution in [1.29, 1.82) is 0 Å². The fraction of sp³-hybridized carbons (Fsp3) is 0.381. The van der Waals surface area contributed by atoms with Gasteiger partial charge >= 0.3 is 0 Å². The van der Waals surface area contributed by atoms with Gasteiger partial charge in [-0.25, -0.2) is 4.39 Å². The minimum Gasteiger partial charge on any atom is -0.390 e. The number of halogens is 1. The van der Waals surface area contributed by atoms with Crippen LogP contribution in [0.4, 0.5) is 4.39 Å². The van der Waals surface area contributed by atoms with Crippen LogP contribution in [-0.4, -0.2) is 47.3 Å². The van der Waals surface area contributed by atoms with Crippen molar-refractivity contribution in [2.24, 2.45) is 5.11 Å². The minimum absolute atomic E-state index is 0.0638. The van der Waals surface area contributed by atoms with Gasteiger partial charge < -0.3 is 14.7 Å². The van der Waals surface area contributed by atoms with E-state index >= 15 is 0 Å². The summed E-state index contributed by atoms with van der Waals surface area (Å²) in [7, 11) is 0. The zero-order chi connectivity index (χ0) is 20.4. The van der Waals surface area contributed by atoms with Gasteiger partial charge in [-0.15, -0.1) is 0 Å². The number of ether oxygens (including phenoxy) is 1. The fourth-order valence-corrected chi connectivity index (χ4v) is 4.13. The summed E-state index contributed by atoms with van der Waals surface area (Å²) in [6.07, 6.45) is -0.903. The van der Waals surface area contributed by atoms with Gasteiger partial charge in [-0.05, 0) is 47.2 Å². The SMILES string of the molecule is [N-]=[N+]=N[C@H]1C[C@H](C(=O)N2CCc3ccccc3[C@@H]2c2ccc(F)cc2)OC[C@@H]1O. The number of rotatable bonds is 3. The minimum atomic E-state index is -0.926. The summed E-state index contributed by atoms with van der Waals surface area (Å²) in [6.45, 7) is 0.429. The van der Waals surface area contributed by atoms with Crippen molar-refractivity contribution >= 4 is 5.91 Å². The first kappa shape index (κ1) is 19.4. The van der Waals surface area contributed by atoms with Crippen LogP contribution >= 0.6 is 0 Å². The number of benzene rings is 2. The van der Waals surface area contributed by atoms with Crippen LogP contribution in [0.2, 0.25) is 0 Å². The van der Waals surface area contributed by atoms with Crippen LogP contribution in [0.3, 0.4) is 0 Å². The Morgan fingerprint density at radius 2 is 2.00 bits per heavy atom. The molecule has 2 heterocycles. The molecule has 0 unspecified atom stereocenters. The Labute approximate surface area is 167 Å². The molecule has 2 aromatic rings. The molecule has 7 nitrogen and oxygen atoms in total. The summed E-state index contributed by atoms with van der Waals surface area (Å²) in [5.74, 6) is -0.559. The van der Waals surface area contributed by atoms with E-state index in [-0.39, 0.29) is 30.8 Å². The van der Waals surface area contributed by atoms with Crippen molar-refractivity contribution in [1.82, 2.24) is 4.90 Å². The molecule has 0 spiro atoms. The second-order valence-electron chi connectivity index (χ2n) is 7.33. The van der Waals surface area contributed by atoms with Gasteiger partial charge in [0.25, 0.3) is 5.91 Å². The van der Waals surface area contributed by atoms with E-state index in [4.69, 9.17) is 10.3 Å². The lowest BCUT2D eigenvalue weighted by Crippen LogP contribution is -2.51. The van der Waals surface area contributed by atoms with Crippen LogP contribution < -0.4 is 0 Å². The van der Waals surface area contributed by atoms with Crippen molar-refractivity contribution in [2.45, 2.75) is 37.1 Å². The third-order valence-electron chi connectivity index (χ3n) is 5.60. The summed E-state index contributed by atoms with van der Waals surface area (Å²) >= 11 is 0. The summed E-state index contributed by atoms with van der Waals surface area (Å²) in [6, 6.07) is 13.0. The van der Waals surface area contributed by atoms with Crippen molar-refractivity contribution in [3.63, 3.8) is 0 Å². The summed E-state index contributed by atoms with van der Waals surface area (Å²) < 4.78 is 19.1. The average molecular weight is 396 g/mol. The van der Waals surface area contributed by atoms with Gasteiger partial charge in [-0.1, -0.05) is 41.5 Å². The molecule has 150 valence electrons. The van der Waals surface area contributed by atoms with Crippen LogP contribution in [-0.2, 0) is 16.0 Å². The van der Waals surface area contributed by atoms with Crippen molar-refractivity contribution in [3.8, 4) is 0 Å². The van der Waals surface area contributed by atoms with Crippen molar-refractivity contribution in [3.05, 3.63) is 81.5 Å². The van der Waals surface area contributed by atoms with E-state index in [1.54, 1.807) is 17.0 Å². The zero-order valence-electron chi connectivity index (χ0n) is 15.7. The Morgan fingerprint density at radius 1 is 1.24 bits per heavy atom. The molecule has 0 saturated carbocycles.